The summed E-state index contributed by atoms with van der Waals surface area (Å²) in [5.74, 6) is -0.469. The first-order chi connectivity index (χ1) is 14.4. The summed E-state index contributed by atoms with van der Waals surface area (Å²) in [6.45, 7) is 2.91. The van der Waals surface area contributed by atoms with Crippen LogP contribution >= 0.6 is 11.3 Å². The van der Waals surface area contributed by atoms with Gasteiger partial charge in [0.1, 0.15) is 4.21 Å². The number of carbonyl (C=O) groups excluding carboxylic acids is 1. The van der Waals surface area contributed by atoms with Gasteiger partial charge >= 0.3 is 0 Å². The van der Waals surface area contributed by atoms with Crippen molar-refractivity contribution in [3.63, 3.8) is 0 Å². The number of nitrogens with zero attached hydrogens (tertiary/aromatic N) is 3. The maximum Gasteiger partial charge on any atom is 0.252 e. The van der Waals surface area contributed by atoms with Crippen molar-refractivity contribution in [3.05, 3.63) is 65.3 Å². The second kappa shape index (κ2) is 8.71. The molecule has 158 valence electrons. The van der Waals surface area contributed by atoms with Crippen LogP contribution in [0.25, 0.3) is 5.69 Å². The monoisotopic (exact) mass is 444 g/mol. The molecule has 0 radical (unpaired) electrons. The zero-order chi connectivity index (χ0) is 21.1. The molecule has 1 aromatic carbocycles. The number of amides is 1. The average Bonchev–Trinajstić information content (AvgIpc) is 3.42. The zero-order valence-corrected chi connectivity index (χ0v) is 18.3. The van der Waals surface area contributed by atoms with E-state index in [1.165, 1.54) is 15.6 Å². The van der Waals surface area contributed by atoms with Crippen LogP contribution in [0.4, 0.5) is 0 Å². The standard InChI is InChI=1S/C21H24N4O3S2/c1-16-9-10-20(29-16)30(27,28)24-11-5-6-18(15-24)21(26)22-12-17-13-23-25(14-17)19-7-3-2-4-8-19/h2-4,7-10,13-14,18H,5-6,11-12,15H2,1H3,(H,22,26). The molecule has 0 spiro atoms. The first-order valence-corrected chi connectivity index (χ1v) is 12.1. The van der Waals surface area contributed by atoms with E-state index < -0.39 is 10.0 Å². The van der Waals surface area contributed by atoms with E-state index in [-0.39, 0.29) is 18.4 Å². The Kier molecular flexibility index (Phi) is 6.03. The van der Waals surface area contributed by atoms with Gasteiger partial charge in [-0.25, -0.2) is 13.1 Å². The maximum absolute atomic E-state index is 12.9. The Balaban J connectivity index is 1.36. The van der Waals surface area contributed by atoms with Crippen LogP contribution in [-0.2, 0) is 21.4 Å². The fraction of sp³-hybridized carbons (Fsp3) is 0.333. The first-order valence-electron chi connectivity index (χ1n) is 9.87. The van der Waals surface area contributed by atoms with Crippen molar-refractivity contribution >= 4 is 27.3 Å². The van der Waals surface area contributed by atoms with Crippen molar-refractivity contribution in [2.45, 2.75) is 30.5 Å². The van der Waals surface area contributed by atoms with Crippen molar-refractivity contribution in [2.24, 2.45) is 5.92 Å². The second-order valence-electron chi connectivity index (χ2n) is 7.41. The number of carbonyl (C=O) groups is 1. The predicted octanol–water partition coefficient (Wildman–Crippen LogP) is 2.96. The van der Waals surface area contributed by atoms with Crippen molar-refractivity contribution in [3.8, 4) is 5.69 Å². The Labute approximate surface area is 180 Å². The molecule has 1 amide bonds. The molecule has 3 aromatic rings. The molecule has 1 fully saturated rings. The lowest BCUT2D eigenvalue weighted by Crippen LogP contribution is -2.45. The number of rotatable bonds is 6. The smallest absolute Gasteiger partial charge is 0.252 e. The third-order valence-corrected chi connectivity index (χ3v) is 8.52. The van der Waals surface area contributed by atoms with E-state index in [0.29, 0.717) is 30.1 Å². The number of hydrogen-bond donors (Lipinski definition) is 1. The van der Waals surface area contributed by atoms with Gasteiger partial charge in [0, 0.05) is 36.3 Å². The van der Waals surface area contributed by atoms with Crippen molar-refractivity contribution in [2.75, 3.05) is 13.1 Å². The van der Waals surface area contributed by atoms with Crippen LogP contribution in [-0.4, -0.2) is 41.5 Å². The van der Waals surface area contributed by atoms with Gasteiger partial charge in [-0.1, -0.05) is 18.2 Å². The highest BCUT2D eigenvalue weighted by Gasteiger charge is 2.33. The van der Waals surface area contributed by atoms with Gasteiger partial charge in [-0.15, -0.1) is 11.3 Å². The molecule has 7 nitrogen and oxygen atoms in total. The summed E-state index contributed by atoms with van der Waals surface area (Å²) in [4.78, 5) is 13.7. The fourth-order valence-electron chi connectivity index (χ4n) is 3.56. The molecule has 1 aliphatic rings. The minimum absolute atomic E-state index is 0.121. The Morgan fingerprint density at radius 3 is 2.77 bits per heavy atom. The highest BCUT2D eigenvalue weighted by atomic mass is 32.2. The topological polar surface area (TPSA) is 84.3 Å². The molecule has 4 rings (SSSR count). The van der Waals surface area contributed by atoms with Crippen LogP contribution in [0.2, 0.25) is 0 Å². The molecule has 1 aliphatic heterocycles. The number of para-hydroxylation sites is 1. The Morgan fingerprint density at radius 2 is 2.03 bits per heavy atom. The molecule has 9 heteroatoms. The number of piperidine rings is 1. The van der Waals surface area contributed by atoms with Crippen LogP contribution in [0, 0.1) is 12.8 Å². The largest absolute Gasteiger partial charge is 0.352 e. The van der Waals surface area contributed by atoms with Gasteiger partial charge in [0.05, 0.1) is 17.8 Å². The highest BCUT2D eigenvalue weighted by molar-refractivity contribution is 7.91. The van der Waals surface area contributed by atoms with E-state index in [0.717, 1.165) is 16.1 Å². The van der Waals surface area contributed by atoms with E-state index >= 15 is 0 Å². The molecule has 2 aromatic heterocycles. The first kappa shape index (κ1) is 20.8. The number of benzene rings is 1. The molecule has 3 heterocycles. The summed E-state index contributed by atoms with van der Waals surface area (Å²) < 4.78 is 29.3. The lowest BCUT2D eigenvalue weighted by atomic mass is 9.99. The summed E-state index contributed by atoms with van der Waals surface area (Å²) in [7, 11) is -3.54. The van der Waals surface area contributed by atoms with E-state index in [4.69, 9.17) is 0 Å². The number of nitrogens with one attached hydrogen (secondary N) is 1. The second-order valence-corrected chi connectivity index (χ2v) is 10.9. The molecule has 1 unspecified atom stereocenters. The number of sulfonamides is 1. The van der Waals surface area contributed by atoms with Gasteiger partial charge in [0.25, 0.3) is 10.0 Å². The number of aryl methyl sites for hydroxylation is 1. The quantitative estimate of drug-likeness (QED) is 0.634. The number of aromatic nitrogens is 2. The normalized spacial score (nSPS) is 17.7. The molecular weight excluding hydrogens is 420 g/mol. The van der Waals surface area contributed by atoms with E-state index in [2.05, 4.69) is 10.4 Å². The Bertz CT molecular complexity index is 1120. The third kappa shape index (κ3) is 4.48. The summed E-state index contributed by atoms with van der Waals surface area (Å²) in [5.41, 5.74) is 1.84. The van der Waals surface area contributed by atoms with E-state index in [1.54, 1.807) is 23.0 Å². The summed E-state index contributed by atoms with van der Waals surface area (Å²) in [6.07, 6.45) is 4.97. The van der Waals surface area contributed by atoms with Gasteiger partial charge < -0.3 is 5.32 Å². The summed E-state index contributed by atoms with van der Waals surface area (Å²) >= 11 is 1.27. The van der Waals surface area contributed by atoms with Gasteiger partial charge in [0.15, 0.2) is 0 Å². The van der Waals surface area contributed by atoms with E-state index in [9.17, 15) is 13.2 Å². The Hall–Kier alpha value is -2.49. The summed E-state index contributed by atoms with van der Waals surface area (Å²) in [6, 6.07) is 13.2. The summed E-state index contributed by atoms with van der Waals surface area (Å²) in [5, 5.41) is 7.27. The number of thiophene rings is 1. The average molecular weight is 445 g/mol. The highest BCUT2D eigenvalue weighted by Crippen LogP contribution is 2.28. The van der Waals surface area contributed by atoms with Gasteiger partial charge in [-0.2, -0.15) is 9.40 Å². The zero-order valence-electron chi connectivity index (χ0n) is 16.7. The van der Waals surface area contributed by atoms with Crippen molar-refractivity contribution in [1.29, 1.82) is 0 Å². The maximum atomic E-state index is 12.9. The van der Waals surface area contributed by atoms with Gasteiger partial charge in [-0.3, -0.25) is 4.79 Å². The molecule has 0 bridgehead atoms. The van der Waals surface area contributed by atoms with Crippen LogP contribution < -0.4 is 5.32 Å². The molecule has 1 N–H and O–H groups in total. The molecule has 0 aliphatic carbocycles. The molecule has 30 heavy (non-hydrogen) atoms. The van der Waals surface area contributed by atoms with Crippen molar-refractivity contribution in [1.82, 2.24) is 19.4 Å². The minimum atomic E-state index is -3.54. The van der Waals surface area contributed by atoms with Crippen LogP contribution in [0.5, 0.6) is 0 Å². The van der Waals surface area contributed by atoms with Crippen LogP contribution in [0.1, 0.15) is 23.3 Å². The molecular formula is C21H24N4O3S2. The molecule has 1 atom stereocenters. The van der Waals surface area contributed by atoms with Crippen LogP contribution in [0.15, 0.2) is 59.1 Å². The van der Waals surface area contributed by atoms with E-state index in [1.807, 2.05) is 43.5 Å². The third-order valence-electron chi connectivity index (χ3n) is 5.19. The van der Waals surface area contributed by atoms with Crippen LogP contribution in [0.3, 0.4) is 0 Å². The van der Waals surface area contributed by atoms with Gasteiger partial charge in [0.2, 0.25) is 5.91 Å². The van der Waals surface area contributed by atoms with Gasteiger partial charge in [-0.05, 0) is 44.0 Å². The lowest BCUT2D eigenvalue weighted by molar-refractivity contribution is -0.126. The Morgan fingerprint density at radius 1 is 1.23 bits per heavy atom. The fourth-order valence-corrected chi connectivity index (χ4v) is 6.52. The lowest BCUT2D eigenvalue weighted by Gasteiger charge is -2.30. The molecule has 1 saturated heterocycles. The molecule has 0 saturated carbocycles. The SMILES string of the molecule is Cc1ccc(S(=O)(=O)N2CCCC(C(=O)NCc3cnn(-c4ccccc4)c3)C2)s1. The minimum Gasteiger partial charge on any atom is -0.352 e. The predicted molar refractivity (Wildman–Crippen MR) is 116 cm³/mol. The van der Waals surface area contributed by atoms with Crippen molar-refractivity contribution < 1.29 is 13.2 Å². The number of hydrogen-bond acceptors (Lipinski definition) is 5.